The molecule has 11 rings (SSSR count). The maximum atomic E-state index is 6.65. The molecule has 0 radical (unpaired) electrons. The molecule has 0 fully saturated rings. The molecule has 0 aliphatic rings. The largest absolute Gasteiger partial charge is 0.456 e. The molecule has 0 aliphatic heterocycles. The van der Waals surface area contributed by atoms with Gasteiger partial charge in [0.05, 0.1) is 16.6 Å². The van der Waals surface area contributed by atoms with Gasteiger partial charge in [-0.05, 0) is 48.5 Å². The number of rotatable bonds is 4. The van der Waals surface area contributed by atoms with Gasteiger partial charge in [-0.2, -0.15) is 0 Å². The Morgan fingerprint density at radius 1 is 0.392 bits per heavy atom. The van der Waals surface area contributed by atoms with Crippen molar-refractivity contribution in [2.45, 2.75) is 0 Å². The van der Waals surface area contributed by atoms with Gasteiger partial charge >= 0.3 is 0 Å². The molecule has 6 heteroatoms. The third-order valence-corrected chi connectivity index (χ3v) is 9.86. The second-order valence-electron chi connectivity index (χ2n) is 12.8. The summed E-state index contributed by atoms with van der Waals surface area (Å²) in [4.78, 5) is 14.9. The van der Waals surface area contributed by atoms with Crippen molar-refractivity contribution in [3.63, 3.8) is 0 Å². The van der Waals surface area contributed by atoms with Crippen molar-refractivity contribution in [1.29, 1.82) is 0 Å². The van der Waals surface area contributed by atoms with E-state index in [0.29, 0.717) is 17.5 Å². The zero-order valence-corrected chi connectivity index (χ0v) is 27.1. The van der Waals surface area contributed by atoms with Crippen LogP contribution in [0.1, 0.15) is 0 Å². The summed E-state index contributed by atoms with van der Waals surface area (Å²) in [5.74, 6) is 1.78. The Kier molecular flexibility index (Phi) is 5.86. The smallest absolute Gasteiger partial charge is 0.167 e. The minimum atomic E-state index is 0.561. The monoisotopic (exact) mass is 654 g/mol. The molecule has 0 saturated carbocycles. The maximum Gasteiger partial charge on any atom is 0.167 e. The average molecular weight is 655 g/mol. The first-order valence-electron chi connectivity index (χ1n) is 16.9. The molecular formula is C45H26N4O2. The normalized spacial score (nSPS) is 11.9. The van der Waals surface area contributed by atoms with Crippen molar-refractivity contribution in [3.8, 4) is 39.9 Å². The highest BCUT2D eigenvalue weighted by Crippen LogP contribution is 2.42. The van der Waals surface area contributed by atoms with E-state index in [0.717, 1.165) is 77.3 Å². The van der Waals surface area contributed by atoms with E-state index in [1.165, 1.54) is 10.8 Å². The molecule has 0 N–H and O–H groups in total. The third kappa shape index (κ3) is 4.20. The summed E-state index contributed by atoms with van der Waals surface area (Å²) >= 11 is 0. The van der Waals surface area contributed by atoms with Crippen LogP contribution in [0.15, 0.2) is 167 Å². The fourth-order valence-corrected chi connectivity index (χ4v) is 7.58. The number of nitrogens with zero attached hydrogens (tertiary/aromatic N) is 4. The molecule has 0 spiro atoms. The van der Waals surface area contributed by atoms with E-state index in [-0.39, 0.29) is 0 Å². The predicted octanol–water partition coefficient (Wildman–Crippen LogP) is 11.8. The molecule has 51 heavy (non-hydrogen) atoms. The molecule has 11 aromatic rings. The summed E-state index contributed by atoms with van der Waals surface area (Å²) in [5.41, 5.74) is 9.27. The van der Waals surface area contributed by atoms with Crippen LogP contribution in [0.3, 0.4) is 0 Å². The van der Waals surface area contributed by atoms with Crippen molar-refractivity contribution < 1.29 is 8.83 Å². The van der Waals surface area contributed by atoms with Crippen molar-refractivity contribution in [1.82, 2.24) is 19.5 Å². The predicted molar refractivity (Wildman–Crippen MR) is 205 cm³/mol. The molecule has 238 valence electrons. The van der Waals surface area contributed by atoms with E-state index >= 15 is 0 Å². The topological polar surface area (TPSA) is 69.9 Å². The highest BCUT2D eigenvalue weighted by atomic mass is 16.3. The number of furan rings is 2. The highest BCUT2D eigenvalue weighted by molar-refractivity contribution is 6.27. The number of benzene rings is 7. The first-order valence-corrected chi connectivity index (χ1v) is 16.9. The van der Waals surface area contributed by atoms with Crippen LogP contribution >= 0.6 is 0 Å². The Labute approximate surface area is 290 Å². The molecule has 0 saturated heterocycles. The second kappa shape index (κ2) is 10.7. The molecule has 0 atom stereocenters. The number of hydrogen-bond donors (Lipinski definition) is 0. The van der Waals surface area contributed by atoms with Gasteiger partial charge < -0.3 is 13.4 Å². The van der Waals surface area contributed by atoms with E-state index in [4.69, 9.17) is 23.8 Å². The van der Waals surface area contributed by atoms with Crippen molar-refractivity contribution in [2.75, 3.05) is 0 Å². The number of para-hydroxylation sites is 3. The Morgan fingerprint density at radius 2 is 1.02 bits per heavy atom. The summed E-state index contributed by atoms with van der Waals surface area (Å²) in [5, 5.41) is 6.64. The molecule has 4 heterocycles. The van der Waals surface area contributed by atoms with Gasteiger partial charge in [0.15, 0.2) is 17.5 Å². The lowest BCUT2D eigenvalue weighted by molar-refractivity contribution is 0.669. The molecule has 0 bridgehead atoms. The summed E-state index contributed by atoms with van der Waals surface area (Å²) in [6.07, 6.45) is 0. The third-order valence-electron chi connectivity index (χ3n) is 9.86. The number of fused-ring (bicyclic) bond motifs is 10. The summed E-state index contributed by atoms with van der Waals surface area (Å²) in [6, 6.07) is 53.8. The minimum absolute atomic E-state index is 0.561. The SMILES string of the molecule is c1ccc(-c2nc(-c3ccccc3)nc(-c3cccc4c3oc3ccc(-n5c6ccccc6c6c7c(ccc65)oc5ccccc57)cc34)n2)cc1. The van der Waals surface area contributed by atoms with Crippen LogP contribution in [0.25, 0.3) is 106 Å². The van der Waals surface area contributed by atoms with Gasteiger partial charge in [-0.1, -0.05) is 109 Å². The van der Waals surface area contributed by atoms with Crippen LogP contribution in [-0.4, -0.2) is 19.5 Å². The first kappa shape index (κ1) is 27.9. The Balaban J connectivity index is 1.13. The number of aromatic nitrogens is 4. The second-order valence-corrected chi connectivity index (χ2v) is 12.8. The quantitative estimate of drug-likeness (QED) is 0.189. The molecule has 0 unspecified atom stereocenters. The molecule has 7 aromatic carbocycles. The lowest BCUT2D eigenvalue weighted by Crippen LogP contribution is -2.00. The standard InChI is InChI=1S/C45H26N4O2/c1-3-12-27(13-4-1)43-46-44(28-14-5-2-6-15-28)48-45(47-43)33-19-11-18-30-34-26-29(22-24-38(34)51-42(30)33)49-35-20-9-7-16-31(35)40-36(49)23-25-39-41(40)32-17-8-10-21-37(32)50-39/h1-26H. The fourth-order valence-electron chi connectivity index (χ4n) is 7.58. The van der Waals surface area contributed by atoms with Gasteiger partial charge in [-0.25, -0.2) is 15.0 Å². The van der Waals surface area contributed by atoms with Crippen molar-refractivity contribution >= 4 is 65.7 Å². The Bertz CT molecular complexity index is 3080. The van der Waals surface area contributed by atoms with Crippen LogP contribution in [0.4, 0.5) is 0 Å². The Hall–Kier alpha value is -7.05. The van der Waals surface area contributed by atoms with Gasteiger partial charge in [-0.15, -0.1) is 0 Å². The molecular weight excluding hydrogens is 629 g/mol. The summed E-state index contributed by atoms with van der Waals surface area (Å²) in [6.45, 7) is 0. The molecule has 0 aliphatic carbocycles. The van der Waals surface area contributed by atoms with E-state index in [2.05, 4.69) is 83.4 Å². The molecule has 6 nitrogen and oxygen atoms in total. The van der Waals surface area contributed by atoms with Gasteiger partial charge in [-0.3, -0.25) is 0 Å². The van der Waals surface area contributed by atoms with Gasteiger partial charge in [0, 0.05) is 49.1 Å². The van der Waals surface area contributed by atoms with E-state index in [9.17, 15) is 0 Å². The van der Waals surface area contributed by atoms with Gasteiger partial charge in [0.1, 0.15) is 22.3 Å². The van der Waals surface area contributed by atoms with E-state index < -0.39 is 0 Å². The summed E-state index contributed by atoms with van der Waals surface area (Å²) < 4.78 is 15.3. The minimum Gasteiger partial charge on any atom is -0.456 e. The lowest BCUT2D eigenvalue weighted by Gasteiger charge is -2.08. The maximum absolute atomic E-state index is 6.65. The van der Waals surface area contributed by atoms with Gasteiger partial charge in [0.25, 0.3) is 0 Å². The van der Waals surface area contributed by atoms with Crippen molar-refractivity contribution in [3.05, 3.63) is 158 Å². The average Bonchev–Trinajstić information content (AvgIpc) is 3.87. The molecule has 0 amide bonds. The van der Waals surface area contributed by atoms with Crippen LogP contribution < -0.4 is 0 Å². The van der Waals surface area contributed by atoms with Crippen LogP contribution in [-0.2, 0) is 0 Å². The van der Waals surface area contributed by atoms with Crippen molar-refractivity contribution in [2.24, 2.45) is 0 Å². The van der Waals surface area contributed by atoms with E-state index in [1.54, 1.807) is 0 Å². The highest BCUT2D eigenvalue weighted by Gasteiger charge is 2.21. The van der Waals surface area contributed by atoms with Gasteiger partial charge in [0.2, 0.25) is 0 Å². The van der Waals surface area contributed by atoms with E-state index in [1.807, 2.05) is 78.9 Å². The fraction of sp³-hybridized carbons (Fsp3) is 0. The van der Waals surface area contributed by atoms with Crippen LogP contribution in [0.5, 0.6) is 0 Å². The molecule has 4 aromatic heterocycles. The zero-order valence-electron chi connectivity index (χ0n) is 27.1. The van der Waals surface area contributed by atoms with Crippen LogP contribution in [0.2, 0.25) is 0 Å². The summed E-state index contributed by atoms with van der Waals surface area (Å²) in [7, 11) is 0. The van der Waals surface area contributed by atoms with Crippen LogP contribution in [0, 0.1) is 0 Å². The first-order chi connectivity index (χ1) is 25.3. The number of hydrogen-bond acceptors (Lipinski definition) is 5. The zero-order chi connectivity index (χ0) is 33.5. The lowest BCUT2D eigenvalue weighted by atomic mass is 10.1. The Morgan fingerprint density at radius 3 is 1.80 bits per heavy atom.